The van der Waals surface area contributed by atoms with Gasteiger partial charge in [-0.15, -0.1) is 0 Å². The van der Waals surface area contributed by atoms with E-state index in [0.29, 0.717) is 49.5 Å². The third kappa shape index (κ3) is 8.68. The molecule has 4 aromatic rings. The maximum Gasteiger partial charge on any atom is 0.407 e. The Hall–Kier alpha value is -6.90. The van der Waals surface area contributed by atoms with Crippen molar-refractivity contribution in [3.05, 3.63) is 71.4 Å². The highest BCUT2D eigenvalue weighted by molar-refractivity contribution is 5.95. The molecule has 18 heteroatoms. The molecular weight excluding hydrogens is 761 g/mol. The summed E-state index contributed by atoms with van der Waals surface area (Å²) >= 11 is 0. The van der Waals surface area contributed by atoms with Crippen LogP contribution in [0.2, 0.25) is 0 Å². The summed E-state index contributed by atoms with van der Waals surface area (Å²) in [5.41, 5.74) is 14.2. The van der Waals surface area contributed by atoms with Crippen molar-refractivity contribution in [3.8, 4) is 23.1 Å². The van der Waals surface area contributed by atoms with Crippen molar-refractivity contribution < 1.29 is 38.2 Å². The average molecular weight is 807 g/mol. The molecule has 1 aliphatic carbocycles. The van der Waals surface area contributed by atoms with E-state index in [4.69, 9.17) is 21.2 Å². The number of primary amides is 2. The van der Waals surface area contributed by atoms with E-state index < -0.39 is 41.5 Å². The van der Waals surface area contributed by atoms with Crippen LogP contribution in [0.25, 0.3) is 22.3 Å². The average Bonchev–Trinajstić information content (AvgIpc) is 3.87. The van der Waals surface area contributed by atoms with Gasteiger partial charge in [0.15, 0.2) is 0 Å². The molecule has 4 heterocycles. The lowest BCUT2D eigenvalue weighted by Gasteiger charge is -2.29. The molecule has 3 fully saturated rings. The number of aromatic nitrogens is 4. The first kappa shape index (κ1) is 40.3. The molecule has 8 N–H and O–H groups in total. The van der Waals surface area contributed by atoms with Crippen LogP contribution < -0.4 is 22.1 Å². The van der Waals surface area contributed by atoms with Crippen molar-refractivity contribution in [2.45, 2.75) is 75.0 Å². The molecule has 1 unspecified atom stereocenters. The second-order valence-electron chi connectivity index (χ2n) is 15.1. The van der Waals surface area contributed by atoms with Crippen molar-refractivity contribution in [3.63, 3.8) is 0 Å². The number of likely N-dealkylation sites (tertiary alicyclic amines) is 2. The summed E-state index contributed by atoms with van der Waals surface area (Å²) in [6, 6.07) is 11.7. The Labute approximate surface area is 339 Å². The smallest absolute Gasteiger partial charge is 0.407 e. The number of rotatable bonds is 12. The number of imidazole rings is 2. The van der Waals surface area contributed by atoms with Crippen LogP contribution in [0.3, 0.4) is 0 Å². The molecular formula is C41H46N10O8. The van der Waals surface area contributed by atoms with Crippen LogP contribution in [0.15, 0.2) is 48.7 Å². The van der Waals surface area contributed by atoms with Gasteiger partial charge in [0.2, 0.25) is 23.6 Å². The van der Waals surface area contributed by atoms with Crippen molar-refractivity contribution in [2.75, 3.05) is 27.3 Å². The number of carbonyl (C=O) groups is 6. The molecule has 5 atom stereocenters. The number of nitrogens with one attached hydrogen (secondary N) is 4. The standard InChI is InChI=1S/C41H46N10O8/c1-58-39(56)48-28(15-16-33(42)52)37(54)50-17-3-6-32(50)36-45-27-14-11-24(19-29(27)46-36)8-7-23-9-12-25(13-10-23)30-22-44-35(47-30)31-5-4-18-51(31)38(55)41(49-40(57)59-2)21-26(41)20-34(43)53/h9-14,19,22,26,28,31-32H,3-6,15-18,20-21H2,1-2H3,(H2,42,52)(H2,43,53)(H,44,47)(H,45,46)(H,48,56)(H,49,57)/t26-,28-,31-,32-,41?/m0/s1. The van der Waals surface area contributed by atoms with Gasteiger partial charge in [-0.2, -0.15) is 0 Å². The summed E-state index contributed by atoms with van der Waals surface area (Å²) in [6.45, 7) is 0.946. The number of hydrogen-bond donors (Lipinski definition) is 6. The second kappa shape index (κ2) is 16.9. The predicted octanol–water partition coefficient (Wildman–Crippen LogP) is 2.66. The Morgan fingerprint density at radius 2 is 1.56 bits per heavy atom. The molecule has 308 valence electrons. The van der Waals surface area contributed by atoms with Gasteiger partial charge in [-0.1, -0.05) is 24.0 Å². The number of benzene rings is 2. The molecule has 2 aliphatic heterocycles. The van der Waals surface area contributed by atoms with Crippen molar-refractivity contribution >= 4 is 46.8 Å². The number of nitrogens with two attached hydrogens (primary N) is 2. The van der Waals surface area contributed by atoms with E-state index in [0.717, 1.165) is 40.7 Å². The van der Waals surface area contributed by atoms with Crippen LogP contribution >= 0.6 is 0 Å². The number of nitrogens with zero attached hydrogens (tertiary/aromatic N) is 4. The summed E-state index contributed by atoms with van der Waals surface area (Å²) in [6.07, 6.45) is 3.32. The summed E-state index contributed by atoms with van der Waals surface area (Å²) in [7, 11) is 2.43. The molecule has 2 saturated heterocycles. The fourth-order valence-corrected chi connectivity index (χ4v) is 8.13. The molecule has 1 saturated carbocycles. The molecule has 0 radical (unpaired) electrons. The fourth-order valence-electron chi connectivity index (χ4n) is 8.13. The number of H-pyrrole nitrogens is 2. The highest BCUT2D eigenvalue weighted by atomic mass is 16.5. The Kier molecular flexibility index (Phi) is 11.5. The van der Waals surface area contributed by atoms with Gasteiger partial charge >= 0.3 is 12.2 Å². The summed E-state index contributed by atoms with van der Waals surface area (Å²) in [5.74, 6) is 5.52. The predicted molar refractivity (Wildman–Crippen MR) is 211 cm³/mol. The third-order valence-corrected chi connectivity index (χ3v) is 11.2. The Morgan fingerprint density at radius 1 is 0.881 bits per heavy atom. The molecule has 7 rings (SSSR count). The summed E-state index contributed by atoms with van der Waals surface area (Å²) in [5, 5.41) is 5.21. The second-order valence-corrected chi connectivity index (χ2v) is 15.1. The lowest BCUT2D eigenvalue weighted by molar-refractivity contribution is -0.136. The van der Waals surface area contributed by atoms with Crippen LogP contribution in [0.5, 0.6) is 0 Å². The maximum absolute atomic E-state index is 13.9. The van der Waals surface area contributed by atoms with Gasteiger partial charge in [0, 0.05) is 43.0 Å². The summed E-state index contributed by atoms with van der Waals surface area (Å²) < 4.78 is 9.46. The SMILES string of the molecule is COC(=O)N[C@@H](CCC(N)=O)C(=O)N1CCC[C@H]1c1nc2ccc(C#Cc3ccc(-c4cnc([C@@H]5CCCN5C(=O)C5(NC(=O)OC)C[C@@H]5CC(N)=O)[nH]4)cc3)cc2[nH]1. The van der Waals surface area contributed by atoms with E-state index >= 15 is 0 Å². The highest BCUT2D eigenvalue weighted by Gasteiger charge is 2.63. The molecule has 18 nitrogen and oxygen atoms in total. The van der Waals surface area contributed by atoms with E-state index in [-0.39, 0.29) is 43.2 Å². The molecule has 2 aromatic carbocycles. The van der Waals surface area contributed by atoms with Crippen LogP contribution in [-0.4, -0.2) is 104 Å². The van der Waals surface area contributed by atoms with Crippen LogP contribution in [0, 0.1) is 17.8 Å². The zero-order valence-corrected chi connectivity index (χ0v) is 32.7. The Morgan fingerprint density at radius 3 is 2.25 bits per heavy atom. The van der Waals surface area contributed by atoms with Crippen molar-refractivity contribution in [2.24, 2.45) is 17.4 Å². The zero-order valence-electron chi connectivity index (χ0n) is 32.7. The van der Waals surface area contributed by atoms with Crippen LogP contribution in [0.1, 0.15) is 86.2 Å². The lowest BCUT2D eigenvalue weighted by Crippen LogP contribution is -2.52. The van der Waals surface area contributed by atoms with E-state index in [1.807, 2.05) is 42.5 Å². The third-order valence-electron chi connectivity index (χ3n) is 11.2. The van der Waals surface area contributed by atoms with E-state index in [2.05, 4.69) is 42.2 Å². The van der Waals surface area contributed by atoms with Crippen molar-refractivity contribution in [1.29, 1.82) is 0 Å². The highest BCUT2D eigenvalue weighted by Crippen LogP contribution is 2.49. The van der Waals surface area contributed by atoms with E-state index in [1.54, 1.807) is 16.0 Å². The van der Waals surface area contributed by atoms with Gasteiger partial charge < -0.3 is 51.3 Å². The minimum absolute atomic E-state index is 0.0197. The maximum atomic E-state index is 13.9. The monoisotopic (exact) mass is 806 g/mol. The molecule has 2 aromatic heterocycles. The minimum Gasteiger partial charge on any atom is -0.453 e. The number of hydrogen-bond acceptors (Lipinski definition) is 10. The van der Waals surface area contributed by atoms with Crippen molar-refractivity contribution in [1.82, 2.24) is 40.4 Å². The Balaban J connectivity index is 1.01. The number of methoxy groups -OCH3 is 2. The zero-order chi connectivity index (χ0) is 41.8. The molecule has 6 amide bonds. The molecule has 0 spiro atoms. The number of ether oxygens (including phenoxy) is 2. The summed E-state index contributed by atoms with van der Waals surface area (Å²) in [4.78, 5) is 94.2. The fraction of sp³-hybridized carbons (Fsp3) is 0.415. The number of fused-ring (bicyclic) bond motifs is 1. The van der Waals surface area contributed by atoms with Gasteiger partial charge in [0.1, 0.15) is 23.2 Å². The minimum atomic E-state index is -1.24. The Bertz CT molecular complexity index is 2350. The van der Waals surface area contributed by atoms with E-state index in [9.17, 15) is 28.8 Å². The first-order valence-corrected chi connectivity index (χ1v) is 19.4. The van der Waals surface area contributed by atoms with E-state index in [1.165, 1.54) is 14.2 Å². The number of carbonyl (C=O) groups excluding carboxylic acids is 6. The number of alkyl carbamates (subject to hydrolysis) is 2. The largest absolute Gasteiger partial charge is 0.453 e. The lowest BCUT2D eigenvalue weighted by atomic mass is 10.1. The quantitative estimate of drug-likeness (QED) is 0.114. The topological polar surface area (TPSA) is 261 Å². The van der Waals surface area contributed by atoms with Gasteiger partial charge in [-0.3, -0.25) is 19.2 Å². The van der Waals surface area contributed by atoms with Gasteiger partial charge in [0.05, 0.1) is 49.2 Å². The van der Waals surface area contributed by atoms with Crippen LogP contribution in [-0.2, 0) is 28.7 Å². The molecule has 0 bridgehead atoms. The number of amides is 6. The van der Waals surface area contributed by atoms with Gasteiger partial charge in [0.25, 0.3) is 0 Å². The number of aromatic amines is 2. The van der Waals surface area contributed by atoms with Crippen LogP contribution in [0.4, 0.5) is 9.59 Å². The van der Waals surface area contributed by atoms with Gasteiger partial charge in [-0.25, -0.2) is 19.6 Å². The molecule has 59 heavy (non-hydrogen) atoms. The normalized spacial score (nSPS) is 21.3. The van der Waals surface area contributed by atoms with Gasteiger partial charge in [-0.05, 0) is 74.4 Å². The first-order valence-electron chi connectivity index (χ1n) is 19.4. The molecule has 3 aliphatic rings. The first-order chi connectivity index (χ1) is 28.4.